The van der Waals surface area contributed by atoms with E-state index >= 15 is 0 Å². The number of fused-ring (bicyclic) bond motifs is 2. The molecule has 8 nitrogen and oxygen atoms in total. The van der Waals surface area contributed by atoms with Crippen LogP contribution in [0.3, 0.4) is 0 Å². The molecule has 2 aliphatic heterocycles. The topological polar surface area (TPSA) is 76.4 Å². The zero-order valence-corrected chi connectivity index (χ0v) is 25.8. The molecule has 0 spiro atoms. The summed E-state index contributed by atoms with van der Waals surface area (Å²) in [6.45, 7) is 4.33. The molecule has 8 heteroatoms. The lowest BCUT2D eigenvalue weighted by atomic mass is 10.0. The van der Waals surface area contributed by atoms with Crippen molar-refractivity contribution in [2.45, 2.75) is 50.3 Å². The van der Waals surface area contributed by atoms with Gasteiger partial charge in [0.1, 0.15) is 11.9 Å². The van der Waals surface area contributed by atoms with Gasteiger partial charge in [-0.25, -0.2) is 0 Å². The summed E-state index contributed by atoms with van der Waals surface area (Å²) >= 11 is 0. The summed E-state index contributed by atoms with van der Waals surface area (Å²) < 4.78 is 28.3. The van der Waals surface area contributed by atoms with E-state index in [-0.39, 0.29) is 6.10 Å². The fourth-order valence-electron chi connectivity index (χ4n) is 6.54. The van der Waals surface area contributed by atoms with Gasteiger partial charge in [0.15, 0.2) is 23.0 Å². The van der Waals surface area contributed by atoms with Crippen molar-refractivity contribution in [2.75, 3.05) is 54.6 Å². The summed E-state index contributed by atoms with van der Waals surface area (Å²) in [6, 6.07) is 23.0. The fraction of sp³-hybridized carbons (Fsp3) is 0.457. The second-order valence-electron chi connectivity index (χ2n) is 11.3. The first-order valence-corrected chi connectivity index (χ1v) is 15.1. The number of nitrogens with zero attached hydrogens (tertiary/aromatic N) is 3. The quantitative estimate of drug-likeness (QED) is 0.232. The second kappa shape index (κ2) is 14.5. The van der Waals surface area contributed by atoms with E-state index in [9.17, 15) is 5.26 Å². The molecule has 2 aliphatic rings. The Balaban J connectivity index is 1.17. The number of ether oxygens (including phenoxy) is 5. The third-order valence-corrected chi connectivity index (χ3v) is 8.80. The predicted molar refractivity (Wildman–Crippen MR) is 167 cm³/mol. The molecule has 0 amide bonds. The number of hydrogen-bond donors (Lipinski definition) is 0. The number of nitriles is 1. The van der Waals surface area contributed by atoms with Gasteiger partial charge in [0.05, 0.1) is 40.1 Å². The molecule has 2 heterocycles. The highest BCUT2D eigenvalue weighted by atomic mass is 16.5. The Labute approximate surface area is 255 Å². The van der Waals surface area contributed by atoms with Gasteiger partial charge < -0.3 is 28.6 Å². The zero-order valence-electron chi connectivity index (χ0n) is 25.8. The van der Waals surface area contributed by atoms with Crippen molar-refractivity contribution < 1.29 is 23.7 Å². The van der Waals surface area contributed by atoms with E-state index in [0.29, 0.717) is 29.1 Å². The Kier molecular flexibility index (Phi) is 10.3. The molecule has 0 aromatic heterocycles. The minimum Gasteiger partial charge on any atom is -0.493 e. The SMILES string of the molecule is COc1ccc(CCN2C3CCC2CN(CCCC(Oc2ccc(OC)c(OC)c2)c2ccc(C#N)cc2)C3)cc1OC. The highest BCUT2D eigenvalue weighted by molar-refractivity contribution is 5.46. The minimum absolute atomic E-state index is 0.134. The lowest BCUT2D eigenvalue weighted by Crippen LogP contribution is -2.54. The first-order valence-electron chi connectivity index (χ1n) is 15.1. The van der Waals surface area contributed by atoms with Gasteiger partial charge in [-0.2, -0.15) is 5.26 Å². The maximum atomic E-state index is 9.27. The summed E-state index contributed by atoms with van der Waals surface area (Å²) in [6.07, 6.45) is 5.29. The molecule has 3 unspecified atom stereocenters. The molecular weight excluding hydrogens is 542 g/mol. The second-order valence-corrected chi connectivity index (χ2v) is 11.3. The molecular formula is C35H43N3O5. The van der Waals surface area contributed by atoms with Crippen molar-refractivity contribution in [3.8, 4) is 34.8 Å². The average molecular weight is 586 g/mol. The lowest BCUT2D eigenvalue weighted by Gasteiger charge is -2.41. The van der Waals surface area contributed by atoms with Crippen molar-refractivity contribution in [3.05, 3.63) is 77.4 Å². The first kappa shape index (κ1) is 30.5. The standard InChI is InChI=1S/C35H43N3O5/c1-39-32-15-9-25(20-34(32)41-3)17-19-38-28-12-13-29(38)24-37(23-28)18-5-6-31(27-10-7-26(22-36)8-11-27)43-30-14-16-33(40-2)35(21-30)42-4/h7-11,14-16,20-21,28-29,31H,5-6,12-13,17-19,23-24H2,1-4H3. The van der Waals surface area contributed by atoms with Crippen LogP contribution < -0.4 is 23.7 Å². The van der Waals surface area contributed by atoms with E-state index in [2.05, 4.69) is 28.0 Å². The molecule has 2 saturated heterocycles. The lowest BCUT2D eigenvalue weighted by molar-refractivity contribution is 0.0644. The third-order valence-electron chi connectivity index (χ3n) is 8.80. The van der Waals surface area contributed by atoms with E-state index in [1.165, 1.54) is 18.4 Å². The number of likely N-dealkylation sites (tertiary alicyclic amines) is 1. The van der Waals surface area contributed by atoms with Gasteiger partial charge in [0.25, 0.3) is 0 Å². The van der Waals surface area contributed by atoms with Crippen molar-refractivity contribution >= 4 is 0 Å². The smallest absolute Gasteiger partial charge is 0.164 e. The van der Waals surface area contributed by atoms with Crippen LogP contribution in [0.2, 0.25) is 0 Å². The van der Waals surface area contributed by atoms with E-state index in [4.69, 9.17) is 23.7 Å². The number of methoxy groups -OCH3 is 4. The summed E-state index contributed by atoms with van der Waals surface area (Å²) in [5.74, 6) is 3.60. The maximum absolute atomic E-state index is 9.27. The number of hydrogen-bond acceptors (Lipinski definition) is 8. The molecule has 228 valence electrons. The highest BCUT2D eigenvalue weighted by Crippen LogP contribution is 2.35. The summed E-state index contributed by atoms with van der Waals surface area (Å²) in [5, 5.41) is 9.27. The van der Waals surface area contributed by atoms with Gasteiger partial charge in [0.2, 0.25) is 0 Å². The molecule has 3 atom stereocenters. The van der Waals surface area contributed by atoms with Crippen molar-refractivity contribution in [2.24, 2.45) is 0 Å². The number of benzene rings is 3. The van der Waals surface area contributed by atoms with Crippen LogP contribution in [0.5, 0.6) is 28.7 Å². The van der Waals surface area contributed by atoms with Crippen LogP contribution in [-0.4, -0.2) is 76.5 Å². The van der Waals surface area contributed by atoms with Crippen LogP contribution in [0.15, 0.2) is 60.7 Å². The predicted octanol–water partition coefficient (Wildman–Crippen LogP) is 5.88. The fourth-order valence-corrected chi connectivity index (χ4v) is 6.54. The average Bonchev–Trinajstić information content (AvgIpc) is 3.29. The van der Waals surface area contributed by atoms with E-state index in [0.717, 1.165) is 68.3 Å². The van der Waals surface area contributed by atoms with Crippen molar-refractivity contribution in [1.82, 2.24) is 9.80 Å². The Hall–Kier alpha value is -3.93. The Morgan fingerprint density at radius 2 is 1.40 bits per heavy atom. The third kappa shape index (κ3) is 7.35. The van der Waals surface area contributed by atoms with E-state index in [1.807, 2.05) is 48.5 Å². The van der Waals surface area contributed by atoms with E-state index < -0.39 is 0 Å². The maximum Gasteiger partial charge on any atom is 0.164 e. The highest BCUT2D eigenvalue weighted by Gasteiger charge is 2.39. The molecule has 0 saturated carbocycles. The normalized spacial score (nSPS) is 19.0. The molecule has 0 aliphatic carbocycles. The van der Waals surface area contributed by atoms with Crippen LogP contribution in [0, 0.1) is 11.3 Å². The van der Waals surface area contributed by atoms with Crippen LogP contribution in [0.4, 0.5) is 0 Å². The van der Waals surface area contributed by atoms with Gasteiger partial charge in [-0.05, 0) is 86.2 Å². The number of piperazine rings is 1. The summed E-state index contributed by atoms with van der Waals surface area (Å²) in [7, 11) is 6.62. The molecule has 0 radical (unpaired) electrons. The van der Waals surface area contributed by atoms with Crippen LogP contribution in [0.25, 0.3) is 0 Å². The van der Waals surface area contributed by atoms with Gasteiger partial charge in [0, 0.05) is 37.8 Å². The van der Waals surface area contributed by atoms with Crippen molar-refractivity contribution in [3.63, 3.8) is 0 Å². The van der Waals surface area contributed by atoms with Crippen LogP contribution in [-0.2, 0) is 6.42 Å². The van der Waals surface area contributed by atoms with Crippen LogP contribution >= 0.6 is 0 Å². The summed E-state index contributed by atoms with van der Waals surface area (Å²) in [4.78, 5) is 5.37. The Morgan fingerprint density at radius 1 is 0.767 bits per heavy atom. The molecule has 43 heavy (non-hydrogen) atoms. The zero-order chi connectivity index (χ0) is 30.2. The van der Waals surface area contributed by atoms with Gasteiger partial charge in [-0.15, -0.1) is 0 Å². The molecule has 3 aromatic rings. The minimum atomic E-state index is -0.134. The number of rotatable bonds is 14. The molecule has 2 fully saturated rings. The van der Waals surface area contributed by atoms with Crippen molar-refractivity contribution in [1.29, 1.82) is 5.26 Å². The Bertz CT molecular complexity index is 1380. The molecule has 2 bridgehead atoms. The van der Waals surface area contributed by atoms with Gasteiger partial charge >= 0.3 is 0 Å². The molecule has 5 rings (SSSR count). The van der Waals surface area contributed by atoms with Gasteiger partial charge in [-0.3, -0.25) is 4.90 Å². The van der Waals surface area contributed by atoms with Crippen LogP contribution in [0.1, 0.15) is 48.5 Å². The molecule has 3 aromatic carbocycles. The summed E-state index contributed by atoms with van der Waals surface area (Å²) in [5.41, 5.74) is 2.99. The first-order chi connectivity index (χ1) is 21.0. The monoisotopic (exact) mass is 585 g/mol. The Morgan fingerprint density at radius 3 is 2.02 bits per heavy atom. The largest absolute Gasteiger partial charge is 0.493 e. The van der Waals surface area contributed by atoms with E-state index in [1.54, 1.807) is 28.4 Å². The van der Waals surface area contributed by atoms with Gasteiger partial charge in [-0.1, -0.05) is 18.2 Å². The molecule has 0 N–H and O–H groups in total.